The second kappa shape index (κ2) is 11.6. The highest BCUT2D eigenvalue weighted by atomic mass is 16.5. The summed E-state index contributed by atoms with van der Waals surface area (Å²) in [6.07, 6.45) is 12.7. The van der Waals surface area contributed by atoms with Crippen molar-refractivity contribution in [2.24, 2.45) is 5.92 Å². The zero-order valence-electron chi connectivity index (χ0n) is 19.1. The van der Waals surface area contributed by atoms with Crippen LogP contribution in [0.1, 0.15) is 74.6 Å². The zero-order chi connectivity index (χ0) is 21.3. The van der Waals surface area contributed by atoms with Gasteiger partial charge >= 0.3 is 0 Å². The van der Waals surface area contributed by atoms with Crippen LogP contribution >= 0.6 is 0 Å². The van der Waals surface area contributed by atoms with E-state index in [4.69, 9.17) is 9.72 Å². The topological polar surface area (TPSA) is 37.4 Å². The molecular formula is C27H39N3O. The van der Waals surface area contributed by atoms with Gasteiger partial charge in [0.1, 0.15) is 5.75 Å². The molecule has 2 aromatic rings. The molecule has 1 N–H and O–H groups in total. The number of pyridine rings is 1. The summed E-state index contributed by atoms with van der Waals surface area (Å²) in [5.41, 5.74) is 2.58. The summed E-state index contributed by atoms with van der Waals surface area (Å²) in [5.74, 6) is 2.40. The minimum absolute atomic E-state index is 0.358. The Morgan fingerprint density at radius 3 is 2.55 bits per heavy atom. The van der Waals surface area contributed by atoms with Crippen molar-refractivity contribution in [1.82, 2.24) is 15.2 Å². The van der Waals surface area contributed by atoms with Crippen LogP contribution in [0.5, 0.6) is 5.75 Å². The van der Waals surface area contributed by atoms with E-state index in [0.717, 1.165) is 44.3 Å². The standard InChI is InChI=1S/C27H39N3O/c1-31-27-13-6-5-11-24(27)26(30-19-17-28-18-20-30)21-23(25-12-7-8-16-29-25)15-14-22-9-3-2-4-10-22/h5-8,11-13,16,22-23,26,28H,2-4,9-10,14-15,17-21H2,1H3. The number of piperazine rings is 1. The second-order valence-electron chi connectivity index (χ2n) is 9.31. The number of aromatic nitrogens is 1. The number of ether oxygens (including phenoxy) is 1. The van der Waals surface area contributed by atoms with Gasteiger partial charge in [0.15, 0.2) is 0 Å². The first kappa shape index (κ1) is 22.3. The SMILES string of the molecule is COc1ccccc1C(CC(CCC1CCCCC1)c1ccccn1)N1CCNCC1. The molecule has 2 aliphatic rings. The molecule has 2 atom stereocenters. The van der Waals surface area contributed by atoms with Gasteiger partial charge in [-0.1, -0.05) is 56.4 Å². The van der Waals surface area contributed by atoms with Gasteiger partial charge in [0.25, 0.3) is 0 Å². The summed E-state index contributed by atoms with van der Waals surface area (Å²) in [5, 5.41) is 3.52. The van der Waals surface area contributed by atoms with Crippen LogP contribution in [0.15, 0.2) is 48.7 Å². The highest BCUT2D eigenvalue weighted by molar-refractivity contribution is 5.36. The highest BCUT2D eigenvalue weighted by Crippen LogP contribution is 2.40. The fraction of sp³-hybridized carbons (Fsp3) is 0.593. The first-order valence-corrected chi connectivity index (χ1v) is 12.3. The number of nitrogens with zero attached hydrogens (tertiary/aromatic N) is 2. The average Bonchev–Trinajstić information content (AvgIpc) is 2.86. The smallest absolute Gasteiger partial charge is 0.123 e. The lowest BCUT2D eigenvalue weighted by atomic mass is 9.81. The van der Waals surface area contributed by atoms with Gasteiger partial charge in [-0.2, -0.15) is 0 Å². The van der Waals surface area contributed by atoms with Crippen LogP contribution in [0.4, 0.5) is 0 Å². The normalized spacial score (nSPS) is 20.3. The highest BCUT2D eigenvalue weighted by Gasteiger charge is 2.29. The summed E-state index contributed by atoms with van der Waals surface area (Å²) in [6, 6.07) is 15.4. The minimum Gasteiger partial charge on any atom is -0.496 e. The van der Waals surface area contributed by atoms with Crippen molar-refractivity contribution in [3.63, 3.8) is 0 Å². The van der Waals surface area contributed by atoms with Gasteiger partial charge < -0.3 is 10.1 Å². The molecule has 2 unspecified atom stereocenters. The Bertz CT molecular complexity index is 769. The summed E-state index contributed by atoms with van der Waals surface area (Å²) in [7, 11) is 1.80. The number of benzene rings is 1. The Balaban J connectivity index is 1.57. The molecule has 168 valence electrons. The van der Waals surface area contributed by atoms with E-state index in [1.165, 1.54) is 56.2 Å². The van der Waals surface area contributed by atoms with Gasteiger partial charge in [-0.25, -0.2) is 0 Å². The lowest BCUT2D eigenvalue weighted by molar-refractivity contribution is 0.152. The molecular weight excluding hydrogens is 382 g/mol. The van der Waals surface area contributed by atoms with Gasteiger partial charge in [0.05, 0.1) is 7.11 Å². The monoisotopic (exact) mass is 421 g/mol. The number of para-hydroxylation sites is 1. The summed E-state index contributed by atoms with van der Waals surface area (Å²) < 4.78 is 5.80. The average molecular weight is 422 g/mol. The predicted molar refractivity (Wildman–Crippen MR) is 128 cm³/mol. The van der Waals surface area contributed by atoms with Crippen LogP contribution in [0.25, 0.3) is 0 Å². The molecule has 1 aromatic heterocycles. The number of methoxy groups -OCH3 is 1. The summed E-state index contributed by atoms with van der Waals surface area (Å²) in [6.45, 7) is 4.28. The van der Waals surface area contributed by atoms with E-state index in [0.29, 0.717) is 12.0 Å². The predicted octanol–water partition coefficient (Wildman–Crippen LogP) is 5.57. The minimum atomic E-state index is 0.358. The maximum absolute atomic E-state index is 5.80. The van der Waals surface area contributed by atoms with Gasteiger partial charge in [0, 0.05) is 55.6 Å². The van der Waals surface area contributed by atoms with Crippen molar-refractivity contribution in [1.29, 1.82) is 0 Å². The first-order valence-electron chi connectivity index (χ1n) is 12.3. The van der Waals surface area contributed by atoms with Crippen LogP contribution in [0.3, 0.4) is 0 Å². The zero-order valence-corrected chi connectivity index (χ0v) is 19.1. The second-order valence-corrected chi connectivity index (χ2v) is 9.31. The van der Waals surface area contributed by atoms with Crippen molar-refractivity contribution in [2.45, 2.75) is 63.3 Å². The van der Waals surface area contributed by atoms with Gasteiger partial charge in [-0.3, -0.25) is 9.88 Å². The molecule has 0 bridgehead atoms. The van der Waals surface area contributed by atoms with E-state index in [2.05, 4.69) is 46.6 Å². The van der Waals surface area contributed by atoms with E-state index in [1.807, 2.05) is 12.3 Å². The molecule has 1 aliphatic carbocycles. The van der Waals surface area contributed by atoms with Gasteiger partial charge in [0.2, 0.25) is 0 Å². The molecule has 1 aromatic carbocycles. The fourth-order valence-electron chi connectivity index (χ4n) is 5.59. The Labute approximate surface area is 188 Å². The number of hydrogen-bond donors (Lipinski definition) is 1. The molecule has 1 aliphatic heterocycles. The third kappa shape index (κ3) is 6.08. The molecule has 0 amide bonds. The van der Waals surface area contributed by atoms with Crippen LogP contribution < -0.4 is 10.1 Å². The molecule has 1 saturated heterocycles. The Kier molecular flexibility index (Phi) is 8.37. The number of hydrogen-bond acceptors (Lipinski definition) is 4. The lowest BCUT2D eigenvalue weighted by Crippen LogP contribution is -2.45. The summed E-state index contributed by atoms with van der Waals surface area (Å²) in [4.78, 5) is 7.47. The van der Waals surface area contributed by atoms with Crippen molar-refractivity contribution < 1.29 is 4.74 Å². The third-order valence-corrected chi connectivity index (χ3v) is 7.35. The van der Waals surface area contributed by atoms with Crippen molar-refractivity contribution in [2.75, 3.05) is 33.3 Å². The summed E-state index contributed by atoms with van der Waals surface area (Å²) >= 11 is 0. The third-order valence-electron chi connectivity index (χ3n) is 7.35. The molecule has 0 spiro atoms. The van der Waals surface area contributed by atoms with Crippen LogP contribution in [-0.2, 0) is 0 Å². The molecule has 4 rings (SSSR count). The van der Waals surface area contributed by atoms with Crippen molar-refractivity contribution in [3.8, 4) is 5.75 Å². The van der Waals surface area contributed by atoms with Gasteiger partial charge in [-0.15, -0.1) is 0 Å². The molecule has 2 heterocycles. The molecule has 2 fully saturated rings. The molecule has 1 saturated carbocycles. The number of nitrogens with one attached hydrogen (secondary N) is 1. The van der Waals surface area contributed by atoms with Crippen molar-refractivity contribution >= 4 is 0 Å². The molecule has 4 heteroatoms. The Morgan fingerprint density at radius 2 is 1.81 bits per heavy atom. The number of rotatable bonds is 9. The Hall–Kier alpha value is -1.91. The fourth-order valence-corrected chi connectivity index (χ4v) is 5.59. The maximum Gasteiger partial charge on any atom is 0.123 e. The van der Waals surface area contributed by atoms with E-state index >= 15 is 0 Å². The van der Waals surface area contributed by atoms with Crippen LogP contribution in [0.2, 0.25) is 0 Å². The van der Waals surface area contributed by atoms with Crippen LogP contribution in [-0.4, -0.2) is 43.2 Å². The quantitative estimate of drug-likeness (QED) is 0.574. The van der Waals surface area contributed by atoms with E-state index in [1.54, 1.807) is 7.11 Å². The van der Waals surface area contributed by atoms with E-state index in [-0.39, 0.29) is 0 Å². The Morgan fingerprint density at radius 1 is 1.03 bits per heavy atom. The van der Waals surface area contributed by atoms with E-state index < -0.39 is 0 Å². The first-order chi connectivity index (χ1) is 15.3. The molecule has 31 heavy (non-hydrogen) atoms. The van der Waals surface area contributed by atoms with Crippen molar-refractivity contribution in [3.05, 3.63) is 59.9 Å². The largest absolute Gasteiger partial charge is 0.496 e. The molecule has 4 nitrogen and oxygen atoms in total. The van der Waals surface area contributed by atoms with Gasteiger partial charge in [-0.05, 0) is 43.4 Å². The maximum atomic E-state index is 5.80. The molecule has 0 radical (unpaired) electrons. The van der Waals surface area contributed by atoms with E-state index in [9.17, 15) is 0 Å². The lowest BCUT2D eigenvalue weighted by Gasteiger charge is -2.38. The van der Waals surface area contributed by atoms with Crippen LogP contribution in [0, 0.1) is 5.92 Å².